The molecular weight excluding hydrogens is 250 g/mol. The van der Waals surface area contributed by atoms with Crippen LogP contribution in [0.5, 0.6) is 0 Å². The van der Waals surface area contributed by atoms with Gasteiger partial charge in [-0.25, -0.2) is 4.98 Å². The Morgan fingerprint density at radius 3 is 2.75 bits per heavy atom. The van der Waals surface area contributed by atoms with Crippen molar-refractivity contribution in [1.29, 1.82) is 0 Å². The molecule has 0 bridgehead atoms. The number of benzene rings is 2. The van der Waals surface area contributed by atoms with Crippen LogP contribution in [0.2, 0.25) is 0 Å². The van der Waals surface area contributed by atoms with E-state index in [-0.39, 0.29) is 0 Å². The molecule has 4 heteroatoms. The van der Waals surface area contributed by atoms with Gasteiger partial charge in [0.2, 0.25) is 5.95 Å². The molecule has 0 saturated heterocycles. The number of aromatic amines is 1. The van der Waals surface area contributed by atoms with Gasteiger partial charge in [0, 0.05) is 12.4 Å². The molecule has 20 heavy (non-hydrogen) atoms. The van der Waals surface area contributed by atoms with Gasteiger partial charge < -0.3 is 14.3 Å². The smallest absolute Gasteiger partial charge is 0.208 e. The minimum Gasteiger partial charge on any atom is -0.462 e. The van der Waals surface area contributed by atoms with Gasteiger partial charge in [-0.1, -0.05) is 24.3 Å². The Hall–Kier alpha value is -2.75. The summed E-state index contributed by atoms with van der Waals surface area (Å²) >= 11 is 0. The van der Waals surface area contributed by atoms with Crippen LogP contribution in [0.3, 0.4) is 0 Å². The number of H-pyrrole nitrogens is 1. The topological polar surface area (TPSA) is 45.1 Å². The maximum Gasteiger partial charge on any atom is 0.208 e. The van der Waals surface area contributed by atoms with Crippen molar-refractivity contribution in [2.45, 2.75) is 0 Å². The molecule has 0 radical (unpaired) electrons. The van der Waals surface area contributed by atoms with Gasteiger partial charge in [-0.05, 0) is 24.3 Å². The SMILES string of the molecule is CN(c1nc2ccccc2[nH]1)c1coc2ccccc12. The molecule has 0 saturated carbocycles. The monoisotopic (exact) mass is 263 g/mol. The zero-order valence-corrected chi connectivity index (χ0v) is 11.0. The van der Waals surface area contributed by atoms with E-state index in [0.29, 0.717) is 0 Å². The number of aromatic nitrogens is 2. The fourth-order valence-corrected chi connectivity index (χ4v) is 2.44. The summed E-state index contributed by atoms with van der Waals surface area (Å²) in [5.41, 5.74) is 3.87. The second-order valence-corrected chi connectivity index (χ2v) is 4.75. The van der Waals surface area contributed by atoms with Crippen LogP contribution in [-0.2, 0) is 0 Å². The molecule has 4 aromatic rings. The lowest BCUT2D eigenvalue weighted by Crippen LogP contribution is -2.10. The Bertz CT molecular complexity index is 858. The average molecular weight is 263 g/mol. The van der Waals surface area contributed by atoms with E-state index in [1.54, 1.807) is 6.26 Å². The van der Waals surface area contributed by atoms with E-state index in [1.807, 2.05) is 60.5 Å². The number of rotatable bonds is 2. The molecule has 2 aromatic heterocycles. The normalized spacial score (nSPS) is 11.2. The van der Waals surface area contributed by atoms with Gasteiger partial charge in [-0.15, -0.1) is 0 Å². The minimum absolute atomic E-state index is 0.803. The number of para-hydroxylation sites is 3. The first-order valence-corrected chi connectivity index (χ1v) is 6.47. The summed E-state index contributed by atoms with van der Waals surface area (Å²) in [7, 11) is 1.98. The Morgan fingerprint density at radius 1 is 1.05 bits per heavy atom. The highest BCUT2D eigenvalue weighted by Gasteiger charge is 2.14. The van der Waals surface area contributed by atoms with E-state index in [9.17, 15) is 0 Å². The summed E-state index contributed by atoms with van der Waals surface area (Å²) in [6, 6.07) is 16.0. The van der Waals surface area contributed by atoms with Gasteiger partial charge in [-0.3, -0.25) is 0 Å². The molecule has 0 aliphatic rings. The molecule has 0 spiro atoms. The molecule has 1 N–H and O–H groups in total. The van der Waals surface area contributed by atoms with Crippen molar-refractivity contribution in [3.05, 3.63) is 54.8 Å². The fourth-order valence-electron chi connectivity index (χ4n) is 2.44. The van der Waals surface area contributed by atoms with Crippen LogP contribution in [0.1, 0.15) is 0 Å². The highest BCUT2D eigenvalue weighted by atomic mass is 16.3. The number of nitrogens with one attached hydrogen (secondary N) is 1. The summed E-state index contributed by atoms with van der Waals surface area (Å²) in [4.78, 5) is 9.93. The highest BCUT2D eigenvalue weighted by molar-refractivity contribution is 5.93. The number of anilines is 2. The summed E-state index contributed by atoms with van der Waals surface area (Å²) in [5, 5.41) is 1.08. The summed E-state index contributed by atoms with van der Waals surface area (Å²) in [5.74, 6) is 0.803. The number of hydrogen-bond acceptors (Lipinski definition) is 3. The summed E-state index contributed by atoms with van der Waals surface area (Å²) in [6.07, 6.45) is 1.76. The molecule has 0 atom stereocenters. The van der Waals surface area contributed by atoms with Gasteiger partial charge in [0.15, 0.2) is 0 Å². The zero-order valence-electron chi connectivity index (χ0n) is 11.0. The van der Waals surface area contributed by atoms with Crippen molar-refractivity contribution in [3.8, 4) is 0 Å². The predicted molar refractivity (Wildman–Crippen MR) is 80.4 cm³/mol. The highest BCUT2D eigenvalue weighted by Crippen LogP contribution is 2.32. The molecule has 4 nitrogen and oxygen atoms in total. The Balaban J connectivity index is 1.85. The molecule has 98 valence electrons. The maximum absolute atomic E-state index is 5.58. The Morgan fingerprint density at radius 2 is 1.85 bits per heavy atom. The lowest BCUT2D eigenvalue weighted by atomic mass is 10.2. The van der Waals surface area contributed by atoms with Crippen LogP contribution in [0.25, 0.3) is 22.0 Å². The molecule has 4 rings (SSSR count). The van der Waals surface area contributed by atoms with Gasteiger partial charge in [0.05, 0.1) is 16.7 Å². The van der Waals surface area contributed by atoms with Crippen molar-refractivity contribution >= 4 is 33.6 Å². The van der Waals surface area contributed by atoms with Crippen molar-refractivity contribution in [1.82, 2.24) is 9.97 Å². The van der Waals surface area contributed by atoms with E-state index >= 15 is 0 Å². The number of furan rings is 1. The van der Waals surface area contributed by atoms with Gasteiger partial charge in [-0.2, -0.15) is 0 Å². The van der Waals surface area contributed by atoms with Crippen LogP contribution >= 0.6 is 0 Å². The van der Waals surface area contributed by atoms with Crippen molar-refractivity contribution in [2.75, 3.05) is 11.9 Å². The molecule has 0 fully saturated rings. The minimum atomic E-state index is 0.803. The third-order valence-electron chi connectivity index (χ3n) is 3.52. The lowest BCUT2D eigenvalue weighted by Gasteiger charge is -2.13. The first kappa shape index (κ1) is 11.1. The van der Waals surface area contributed by atoms with Crippen LogP contribution < -0.4 is 4.90 Å². The summed E-state index contributed by atoms with van der Waals surface area (Å²) in [6.45, 7) is 0. The van der Waals surface area contributed by atoms with Gasteiger partial charge in [0.25, 0.3) is 0 Å². The molecule has 2 aromatic carbocycles. The number of nitrogens with zero attached hydrogens (tertiary/aromatic N) is 2. The molecule has 0 aliphatic heterocycles. The molecular formula is C16H13N3O. The first-order valence-electron chi connectivity index (χ1n) is 6.47. The standard InChI is InChI=1S/C16H13N3O/c1-19(14-10-20-15-9-5-2-6-11(14)15)16-17-12-7-3-4-8-13(12)18-16/h2-10H,1H3,(H,17,18). The van der Waals surface area contributed by atoms with E-state index in [4.69, 9.17) is 4.42 Å². The van der Waals surface area contributed by atoms with Gasteiger partial charge in [0.1, 0.15) is 11.8 Å². The lowest BCUT2D eigenvalue weighted by molar-refractivity contribution is 0.615. The predicted octanol–water partition coefficient (Wildman–Crippen LogP) is 4.08. The number of fused-ring (bicyclic) bond motifs is 2. The molecule has 0 aliphatic carbocycles. The van der Waals surface area contributed by atoms with Crippen LogP contribution in [0.4, 0.5) is 11.6 Å². The van der Waals surface area contributed by atoms with Crippen LogP contribution in [-0.4, -0.2) is 17.0 Å². The largest absolute Gasteiger partial charge is 0.462 e. The van der Waals surface area contributed by atoms with Crippen molar-refractivity contribution < 1.29 is 4.42 Å². The molecule has 0 unspecified atom stereocenters. The maximum atomic E-state index is 5.58. The second kappa shape index (κ2) is 4.13. The van der Waals surface area contributed by atoms with Crippen LogP contribution in [0.15, 0.2) is 59.2 Å². The zero-order chi connectivity index (χ0) is 13.5. The Kier molecular flexibility index (Phi) is 2.29. The molecule has 0 amide bonds. The van der Waals surface area contributed by atoms with E-state index in [1.165, 1.54) is 0 Å². The number of hydrogen-bond donors (Lipinski definition) is 1. The second-order valence-electron chi connectivity index (χ2n) is 4.75. The van der Waals surface area contributed by atoms with E-state index in [0.717, 1.165) is 33.6 Å². The van der Waals surface area contributed by atoms with E-state index in [2.05, 4.69) is 9.97 Å². The first-order chi connectivity index (χ1) is 9.83. The third kappa shape index (κ3) is 1.58. The van der Waals surface area contributed by atoms with Gasteiger partial charge >= 0.3 is 0 Å². The average Bonchev–Trinajstić information content (AvgIpc) is 3.10. The van der Waals surface area contributed by atoms with E-state index < -0.39 is 0 Å². The quantitative estimate of drug-likeness (QED) is 0.592. The Labute approximate surface area is 115 Å². The third-order valence-corrected chi connectivity index (χ3v) is 3.52. The number of imidazole rings is 1. The fraction of sp³-hybridized carbons (Fsp3) is 0.0625. The summed E-state index contributed by atoms with van der Waals surface area (Å²) < 4.78 is 5.58. The van der Waals surface area contributed by atoms with Crippen molar-refractivity contribution in [3.63, 3.8) is 0 Å². The van der Waals surface area contributed by atoms with Crippen LogP contribution in [0, 0.1) is 0 Å². The molecule has 2 heterocycles. The van der Waals surface area contributed by atoms with Crippen molar-refractivity contribution in [2.24, 2.45) is 0 Å².